The lowest BCUT2D eigenvalue weighted by molar-refractivity contribution is -0.123. The zero-order chi connectivity index (χ0) is 16.5. The molecule has 1 aliphatic carbocycles. The Morgan fingerprint density at radius 3 is 2.39 bits per heavy atom. The van der Waals surface area contributed by atoms with Gasteiger partial charge in [-0.3, -0.25) is 9.59 Å². The summed E-state index contributed by atoms with van der Waals surface area (Å²) in [5.41, 5.74) is 0. The van der Waals surface area contributed by atoms with Gasteiger partial charge in [0.05, 0.1) is 13.7 Å². The average molecular weight is 320 g/mol. The van der Waals surface area contributed by atoms with Crippen molar-refractivity contribution >= 4 is 11.8 Å². The fraction of sp³-hybridized carbons (Fsp3) is 0.529. The van der Waals surface area contributed by atoms with Gasteiger partial charge in [-0.15, -0.1) is 0 Å². The molecule has 0 unspecified atom stereocenters. The second kappa shape index (κ2) is 9.02. The van der Waals surface area contributed by atoms with Crippen LogP contribution in [0.1, 0.15) is 25.7 Å². The van der Waals surface area contributed by atoms with Crippen LogP contribution in [0.4, 0.5) is 0 Å². The first-order valence-electron chi connectivity index (χ1n) is 8.00. The van der Waals surface area contributed by atoms with Gasteiger partial charge in [0.25, 0.3) is 0 Å². The van der Waals surface area contributed by atoms with Crippen molar-refractivity contribution in [2.45, 2.75) is 25.7 Å². The van der Waals surface area contributed by atoms with Crippen LogP contribution in [-0.4, -0.2) is 38.6 Å². The normalized spacial score (nSPS) is 13.3. The maximum atomic E-state index is 11.6. The van der Waals surface area contributed by atoms with E-state index in [0.717, 1.165) is 24.3 Å². The Morgan fingerprint density at radius 2 is 1.74 bits per heavy atom. The van der Waals surface area contributed by atoms with Gasteiger partial charge in [-0.25, -0.2) is 0 Å². The molecule has 1 aliphatic rings. The van der Waals surface area contributed by atoms with E-state index in [-0.39, 0.29) is 17.7 Å². The minimum Gasteiger partial charge on any atom is -0.497 e. The third kappa shape index (κ3) is 6.59. The van der Waals surface area contributed by atoms with Gasteiger partial charge in [-0.1, -0.05) is 0 Å². The summed E-state index contributed by atoms with van der Waals surface area (Å²) in [5, 5.41) is 5.59. The van der Waals surface area contributed by atoms with Gasteiger partial charge in [0, 0.05) is 25.4 Å². The van der Waals surface area contributed by atoms with Crippen molar-refractivity contribution in [3.05, 3.63) is 24.3 Å². The fourth-order valence-corrected chi connectivity index (χ4v) is 2.06. The maximum Gasteiger partial charge on any atom is 0.223 e. The van der Waals surface area contributed by atoms with Crippen molar-refractivity contribution in [2.24, 2.45) is 5.92 Å². The van der Waals surface area contributed by atoms with Gasteiger partial charge in [0.2, 0.25) is 11.8 Å². The van der Waals surface area contributed by atoms with E-state index < -0.39 is 0 Å². The lowest BCUT2D eigenvalue weighted by Crippen LogP contribution is -2.35. The number of methoxy groups -OCH3 is 1. The molecule has 2 N–H and O–H groups in total. The summed E-state index contributed by atoms with van der Waals surface area (Å²) in [7, 11) is 1.62. The lowest BCUT2D eigenvalue weighted by atomic mass is 10.3. The number of rotatable bonds is 10. The van der Waals surface area contributed by atoms with Crippen molar-refractivity contribution in [1.82, 2.24) is 10.6 Å². The monoisotopic (exact) mass is 320 g/mol. The van der Waals surface area contributed by atoms with Crippen LogP contribution in [0.3, 0.4) is 0 Å². The highest BCUT2D eigenvalue weighted by atomic mass is 16.5. The Labute approximate surface area is 136 Å². The van der Waals surface area contributed by atoms with Crippen molar-refractivity contribution < 1.29 is 19.1 Å². The number of nitrogens with one attached hydrogen (secondary N) is 2. The second-order valence-corrected chi connectivity index (χ2v) is 5.54. The standard InChI is InChI=1S/C17H24N2O4/c1-22-14-6-8-15(9-7-14)23-12-2-3-16(20)18-10-11-19-17(21)13-4-5-13/h6-9,13H,2-5,10-12H2,1H3,(H,18,20)(H,19,21). The molecule has 0 atom stereocenters. The van der Waals surface area contributed by atoms with E-state index in [2.05, 4.69) is 10.6 Å². The average Bonchev–Trinajstić information content (AvgIpc) is 3.41. The molecule has 2 amide bonds. The Balaban J connectivity index is 1.48. The number of carbonyl (C=O) groups excluding carboxylic acids is 2. The van der Waals surface area contributed by atoms with Gasteiger partial charge in [-0.05, 0) is 43.5 Å². The van der Waals surface area contributed by atoms with E-state index in [1.165, 1.54) is 0 Å². The minimum atomic E-state index is -0.0241. The Bertz CT molecular complexity index is 512. The number of hydrogen-bond acceptors (Lipinski definition) is 4. The lowest BCUT2D eigenvalue weighted by Gasteiger charge is -2.08. The predicted molar refractivity (Wildman–Crippen MR) is 86.5 cm³/mol. The number of amides is 2. The fourth-order valence-electron chi connectivity index (χ4n) is 2.06. The van der Waals surface area contributed by atoms with Crippen LogP contribution >= 0.6 is 0 Å². The number of carbonyl (C=O) groups is 2. The number of ether oxygens (including phenoxy) is 2. The topological polar surface area (TPSA) is 76.7 Å². The first-order valence-corrected chi connectivity index (χ1v) is 8.00. The molecular formula is C17H24N2O4. The number of hydrogen-bond donors (Lipinski definition) is 2. The molecule has 2 rings (SSSR count). The molecule has 0 radical (unpaired) electrons. The first-order chi connectivity index (χ1) is 11.2. The van der Waals surface area contributed by atoms with Crippen molar-refractivity contribution in [2.75, 3.05) is 26.8 Å². The zero-order valence-corrected chi connectivity index (χ0v) is 13.5. The van der Waals surface area contributed by atoms with Crippen LogP contribution in [0.25, 0.3) is 0 Å². The second-order valence-electron chi connectivity index (χ2n) is 5.54. The summed E-state index contributed by atoms with van der Waals surface area (Å²) in [6.07, 6.45) is 3.04. The van der Waals surface area contributed by atoms with E-state index in [0.29, 0.717) is 32.5 Å². The SMILES string of the molecule is COc1ccc(OCCCC(=O)NCCNC(=O)C2CC2)cc1. The summed E-state index contributed by atoms with van der Waals surface area (Å²) in [4.78, 5) is 23.0. The summed E-state index contributed by atoms with van der Waals surface area (Å²) >= 11 is 0. The molecule has 0 bridgehead atoms. The van der Waals surface area contributed by atoms with E-state index in [9.17, 15) is 9.59 Å². The molecule has 0 saturated heterocycles. The smallest absolute Gasteiger partial charge is 0.223 e. The molecule has 0 aromatic heterocycles. The first kappa shape index (κ1) is 17.1. The van der Waals surface area contributed by atoms with Crippen LogP contribution in [0, 0.1) is 5.92 Å². The van der Waals surface area contributed by atoms with E-state index in [4.69, 9.17) is 9.47 Å². The van der Waals surface area contributed by atoms with E-state index in [1.54, 1.807) is 7.11 Å². The van der Waals surface area contributed by atoms with Crippen molar-refractivity contribution in [3.8, 4) is 11.5 Å². The third-order valence-electron chi connectivity index (χ3n) is 3.57. The van der Waals surface area contributed by atoms with Crippen LogP contribution in [0.5, 0.6) is 11.5 Å². The predicted octanol–water partition coefficient (Wildman–Crippen LogP) is 1.50. The highest BCUT2D eigenvalue weighted by Crippen LogP contribution is 2.28. The van der Waals surface area contributed by atoms with Gasteiger partial charge in [0.15, 0.2) is 0 Å². The highest BCUT2D eigenvalue weighted by Gasteiger charge is 2.28. The van der Waals surface area contributed by atoms with Gasteiger partial charge in [-0.2, -0.15) is 0 Å². The molecule has 6 nitrogen and oxygen atoms in total. The summed E-state index contributed by atoms with van der Waals surface area (Å²) < 4.78 is 10.6. The molecule has 0 aliphatic heterocycles. The molecule has 0 spiro atoms. The molecular weight excluding hydrogens is 296 g/mol. The van der Waals surface area contributed by atoms with Crippen molar-refractivity contribution in [3.63, 3.8) is 0 Å². The Kier molecular flexibility index (Phi) is 6.72. The largest absolute Gasteiger partial charge is 0.497 e. The summed E-state index contributed by atoms with van der Waals surface area (Å²) in [6, 6.07) is 7.33. The van der Waals surface area contributed by atoms with Gasteiger partial charge in [0.1, 0.15) is 11.5 Å². The Morgan fingerprint density at radius 1 is 1.09 bits per heavy atom. The molecule has 23 heavy (non-hydrogen) atoms. The van der Waals surface area contributed by atoms with Crippen LogP contribution in [0.15, 0.2) is 24.3 Å². The van der Waals surface area contributed by atoms with Gasteiger partial charge >= 0.3 is 0 Å². The van der Waals surface area contributed by atoms with E-state index in [1.807, 2.05) is 24.3 Å². The van der Waals surface area contributed by atoms with Crippen LogP contribution < -0.4 is 20.1 Å². The highest BCUT2D eigenvalue weighted by molar-refractivity contribution is 5.81. The van der Waals surface area contributed by atoms with Crippen LogP contribution in [0.2, 0.25) is 0 Å². The van der Waals surface area contributed by atoms with Gasteiger partial charge < -0.3 is 20.1 Å². The Hall–Kier alpha value is -2.24. The van der Waals surface area contributed by atoms with E-state index >= 15 is 0 Å². The molecule has 1 saturated carbocycles. The molecule has 126 valence electrons. The molecule has 6 heteroatoms. The quantitative estimate of drug-likeness (QED) is 0.641. The number of benzene rings is 1. The third-order valence-corrected chi connectivity index (χ3v) is 3.57. The summed E-state index contributed by atoms with van der Waals surface area (Å²) in [5.74, 6) is 1.83. The molecule has 1 aromatic carbocycles. The zero-order valence-electron chi connectivity index (χ0n) is 13.5. The molecule has 0 heterocycles. The molecule has 1 aromatic rings. The molecule has 1 fully saturated rings. The van der Waals surface area contributed by atoms with Crippen molar-refractivity contribution in [1.29, 1.82) is 0 Å². The minimum absolute atomic E-state index is 0.0241. The summed E-state index contributed by atoms with van der Waals surface area (Å²) in [6.45, 7) is 1.44. The van der Waals surface area contributed by atoms with Crippen LogP contribution in [-0.2, 0) is 9.59 Å². The maximum absolute atomic E-state index is 11.6.